The number of nitrogens with zero attached hydrogens (tertiary/aromatic N) is 7. The summed E-state index contributed by atoms with van der Waals surface area (Å²) in [6, 6.07) is 11.6. The highest BCUT2D eigenvalue weighted by atomic mass is 35.5. The van der Waals surface area contributed by atoms with Crippen LogP contribution in [0.4, 0.5) is 8.78 Å². The number of halogens is 3. The number of hydroxylamine groups is 1. The second kappa shape index (κ2) is 16.0. The van der Waals surface area contributed by atoms with Crippen LogP contribution in [-0.4, -0.2) is 61.5 Å². The highest BCUT2D eigenvalue weighted by Crippen LogP contribution is 2.28. The van der Waals surface area contributed by atoms with E-state index in [9.17, 15) is 23.5 Å². The molecule has 2 aromatic carbocycles. The minimum atomic E-state index is -1.70. The topological polar surface area (TPSA) is 177 Å². The molecule has 0 saturated carbocycles. The lowest BCUT2D eigenvalue weighted by Crippen LogP contribution is -2.37. The molecule has 13 nitrogen and oxygen atoms in total. The molecule has 0 radical (unpaired) electrons. The summed E-state index contributed by atoms with van der Waals surface area (Å²) >= 11 is 7.28. The summed E-state index contributed by atoms with van der Waals surface area (Å²) in [5.41, 5.74) is 1.04. The zero-order valence-electron chi connectivity index (χ0n) is 23.6. The van der Waals surface area contributed by atoms with Crippen LogP contribution in [0.1, 0.15) is 24.8 Å². The fourth-order valence-electron chi connectivity index (χ4n) is 4.14. The molecule has 5 aromatic rings. The van der Waals surface area contributed by atoms with Crippen molar-refractivity contribution in [1.29, 1.82) is 0 Å². The molecule has 0 aliphatic rings. The Bertz CT molecular complexity index is 1690. The minimum absolute atomic E-state index is 0.0556. The van der Waals surface area contributed by atoms with E-state index in [4.69, 9.17) is 16.8 Å². The standard InChI is InChI=1S/C15H16ClN3O3S.C13H12F2N6O/c16-11-6-4-10(5-7-11)12-9-14(21)18-15(17-12)23-8-2-1-3-13(20)19-22;14-10-1-2-11(12(15)3-10)13(22,4-20-8-16-6-18-20)5-21-9-17-7-19-21/h4-7,9,22H,1-3,8H2,(H,19,20)(H,17,18,21);1-3,6-9,22H,4-5H2. The van der Waals surface area contributed by atoms with Gasteiger partial charge in [-0.3, -0.25) is 14.8 Å². The molecule has 4 N–H and O–H groups in total. The van der Waals surface area contributed by atoms with E-state index in [0.29, 0.717) is 28.0 Å². The Morgan fingerprint density at radius 3 is 2.24 bits per heavy atom. The van der Waals surface area contributed by atoms with Crippen LogP contribution in [-0.2, 0) is 23.5 Å². The van der Waals surface area contributed by atoms with Crippen molar-refractivity contribution in [3.05, 3.63) is 106 Å². The lowest BCUT2D eigenvalue weighted by molar-refractivity contribution is -0.129. The molecule has 1 amide bonds. The van der Waals surface area contributed by atoms with Crippen LogP contribution < -0.4 is 11.0 Å². The molecule has 17 heteroatoms. The van der Waals surface area contributed by atoms with Gasteiger partial charge in [0, 0.05) is 40.5 Å². The molecule has 5 rings (SSSR count). The van der Waals surface area contributed by atoms with Gasteiger partial charge in [-0.05, 0) is 31.0 Å². The van der Waals surface area contributed by atoms with E-state index in [1.54, 1.807) is 17.6 Å². The Morgan fingerprint density at radius 1 is 1.00 bits per heavy atom. The van der Waals surface area contributed by atoms with Crippen molar-refractivity contribution in [3.8, 4) is 11.3 Å². The molecular formula is C28H28ClF2N9O4S. The van der Waals surface area contributed by atoms with E-state index in [1.807, 2.05) is 12.1 Å². The van der Waals surface area contributed by atoms with Crippen LogP contribution in [0.2, 0.25) is 5.02 Å². The number of benzene rings is 2. The van der Waals surface area contributed by atoms with E-state index >= 15 is 0 Å². The summed E-state index contributed by atoms with van der Waals surface area (Å²) in [4.78, 5) is 37.3. The predicted octanol–water partition coefficient (Wildman–Crippen LogP) is 3.59. The van der Waals surface area contributed by atoms with Crippen molar-refractivity contribution >= 4 is 29.3 Å². The van der Waals surface area contributed by atoms with Gasteiger partial charge < -0.3 is 10.1 Å². The lowest BCUT2D eigenvalue weighted by atomic mass is 9.93. The summed E-state index contributed by atoms with van der Waals surface area (Å²) in [7, 11) is 0. The number of H-pyrrole nitrogens is 1. The summed E-state index contributed by atoms with van der Waals surface area (Å²) in [6.45, 7) is -0.148. The number of nitrogens with one attached hydrogen (secondary N) is 2. The van der Waals surface area contributed by atoms with E-state index in [2.05, 4.69) is 30.1 Å². The van der Waals surface area contributed by atoms with Crippen molar-refractivity contribution in [1.82, 2.24) is 45.0 Å². The maximum atomic E-state index is 14.1. The molecule has 0 spiro atoms. The summed E-state index contributed by atoms with van der Waals surface area (Å²) in [5, 5.41) is 28.3. The third kappa shape index (κ3) is 10.0. The van der Waals surface area contributed by atoms with E-state index in [-0.39, 0.29) is 30.6 Å². The quantitative estimate of drug-likeness (QED) is 0.0509. The van der Waals surface area contributed by atoms with Gasteiger partial charge in [-0.25, -0.2) is 38.6 Å². The normalized spacial score (nSPS) is 11.1. The molecule has 45 heavy (non-hydrogen) atoms. The molecule has 0 fully saturated rings. The molecule has 3 aromatic heterocycles. The maximum Gasteiger partial charge on any atom is 0.252 e. The second-order valence-corrected chi connectivity index (χ2v) is 11.1. The third-order valence-electron chi connectivity index (χ3n) is 6.23. The van der Waals surface area contributed by atoms with E-state index in [0.717, 1.165) is 24.1 Å². The molecule has 0 saturated heterocycles. The van der Waals surface area contributed by atoms with Crippen molar-refractivity contribution in [3.63, 3.8) is 0 Å². The molecular weight excluding hydrogens is 632 g/mol. The van der Waals surface area contributed by atoms with Crippen LogP contribution >= 0.6 is 23.4 Å². The molecule has 0 atom stereocenters. The molecule has 3 heterocycles. The fourth-order valence-corrected chi connectivity index (χ4v) is 5.14. The van der Waals surface area contributed by atoms with Gasteiger partial charge in [0.2, 0.25) is 5.91 Å². The number of aromatic amines is 1. The second-order valence-electron chi connectivity index (χ2n) is 9.63. The number of unbranched alkanes of at least 4 members (excludes halogenated alkanes) is 1. The molecule has 0 bridgehead atoms. The first kappa shape index (κ1) is 33.4. The number of aliphatic hydroxyl groups is 1. The van der Waals surface area contributed by atoms with Gasteiger partial charge in [-0.2, -0.15) is 10.2 Å². The number of thioether (sulfide) groups is 1. The summed E-state index contributed by atoms with van der Waals surface area (Å²) in [6.07, 6.45) is 7.09. The molecule has 0 aliphatic carbocycles. The number of amides is 1. The van der Waals surface area contributed by atoms with Gasteiger partial charge in [-0.1, -0.05) is 41.6 Å². The monoisotopic (exact) mass is 659 g/mol. The van der Waals surface area contributed by atoms with Gasteiger partial charge in [0.15, 0.2) is 5.16 Å². The molecule has 0 aliphatic heterocycles. The largest absolute Gasteiger partial charge is 0.381 e. The van der Waals surface area contributed by atoms with Crippen LogP contribution in [0.3, 0.4) is 0 Å². The van der Waals surface area contributed by atoms with E-state index in [1.165, 1.54) is 58.6 Å². The van der Waals surface area contributed by atoms with Crippen LogP contribution in [0.5, 0.6) is 0 Å². The SMILES string of the molecule is O=C(CCCCSc1nc(-c2ccc(Cl)cc2)cc(=O)[nH]1)NO.OC(Cn1cncn1)(Cn1cncn1)c1ccc(F)cc1F. The van der Waals surface area contributed by atoms with Crippen molar-refractivity contribution in [2.75, 3.05) is 5.75 Å². The van der Waals surface area contributed by atoms with Gasteiger partial charge >= 0.3 is 0 Å². The highest BCUT2D eigenvalue weighted by molar-refractivity contribution is 7.99. The summed E-state index contributed by atoms with van der Waals surface area (Å²) < 4.78 is 29.9. The average molecular weight is 660 g/mol. The third-order valence-corrected chi connectivity index (χ3v) is 7.45. The first-order valence-electron chi connectivity index (χ1n) is 13.4. The van der Waals surface area contributed by atoms with Crippen LogP contribution in [0.25, 0.3) is 11.3 Å². The van der Waals surface area contributed by atoms with Gasteiger partial charge in [-0.15, -0.1) is 0 Å². The van der Waals surface area contributed by atoms with Gasteiger partial charge in [0.25, 0.3) is 5.56 Å². The zero-order chi connectivity index (χ0) is 32.2. The maximum absolute atomic E-state index is 14.1. The Balaban J connectivity index is 0.000000205. The molecule has 236 valence electrons. The first-order valence-corrected chi connectivity index (χ1v) is 14.8. The predicted molar refractivity (Wildman–Crippen MR) is 160 cm³/mol. The van der Waals surface area contributed by atoms with Gasteiger partial charge in [0.05, 0.1) is 18.8 Å². The van der Waals surface area contributed by atoms with Crippen LogP contribution in [0.15, 0.2) is 83.8 Å². The number of aromatic nitrogens is 8. The molecule has 0 unspecified atom stereocenters. The van der Waals surface area contributed by atoms with Crippen molar-refractivity contribution in [2.24, 2.45) is 0 Å². The first-order chi connectivity index (χ1) is 21.6. The Kier molecular flexibility index (Phi) is 11.9. The van der Waals surface area contributed by atoms with Gasteiger partial charge in [0.1, 0.15) is 42.5 Å². The Morgan fingerprint density at radius 2 is 1.67 bits per heavy atom. The number of rotatable bonds is 12. The summed E-state index contributed by atoms with van der Waals surface area (Å²) in [5.74, 6) is -1.25. The smallest absolute Gasteiger partial charge is 0.252 e. The van der Waals surface area contributed by atoms with Crippen LogP contribution in [0, 0.1) is 11.6 Å². The van der Waals surface area contributed by atoms with Crippen molar-refractivity contribution in [2.45, 2.75) is 43.1 Å². The Labute approximate surface area is 264 Å². The fraction of sp³-hybridized carbons (Fsp3) is 0.250. The van der Waals surface area contributed by atoms with E-state index < -0.39 is 23.1 Å². The lowest BCUT2D eigenvalue weighted by Gasteiger charge is -2.28. The average Bonchev–Trinajstić information content (AvgIpc) is 3.72. The number of hydrogen-bond acceptors (Lipinski definition) is 10. The zero-order valence-corrected chi connectivity index (χ0v) is 25.1. The number of carbonyl (C=O) groups is 1. The minimum Gasteiger partial charge on any atom is -0.381 e. The number of carbonyl (C=O) groups excluding carboxylic acids is 1. The number of hydrogen-bond donors (Lipinski definition) is 4. The Hall–Kier alpha value is -4.51. The van der Waals surface area contributed by atoms with Crippen molar-refractivity contribution < 1.29 is 23.9 Å². The highest BCUT2D eigenvalue weighted by Gasteiger charge is 2.34.